The molecule has 2 aromatic carbocycles. The van der Waals surface area contributed by atoms with Gasteiger partial charge in [0.05, 0.1) is 14.2 Å². The summed E-state index contributed by atoms with van der Waals surface area (Å²) in [5.41, 5.74) is 1.54. The zero-order chi connectivity index (χ0) is 17.4. The molecular weight excluding hydrogens is 308 g/mol. The lowest BCUT2D eigenvalue weighted by molar-refractivity contribution is -0.114. The quantitative estimate of drug-likeness (QED) is 0.464. The minimum absolute atomic E-state index is 0.0112. The van der Waals surface area contributed by atoms with E-state index >= 15 is 0 Å². The minimum Gasteiger partial charge on any atom is -0.493 e. The van der Waals surface area contributed by atoms with Gasteiger partial charge in [-0.15, -0.1) is 0 Å². The molecule has 6 heteroatoms. The van der Waals surface area contributed by atoms with E-state index in [0.29, 0.717) is 30.0 Å². The highest BCUT2D eigenvalue weighted by atomic mass is 16.5. The number of amides is 1. The fraction of sp³-hybridized carbons (Fsp3) is 0.222. The number of rotatable bonds is 7. The third-order valence-corrected chi connectivity index (χ3v) is 3.51. The minimum atomic E-state index is -0.427. The fourth-order valence-electron chi connectivity index (χ4n) is 2.27. The van der Waals surface area contributed by atoms with E-state index in [9.17, 15) is 4.79 Å². The van der Waals surface area contributed by atoms with Crippen LogP contribution >= 0.6 is 0 Å². The molecule has 126 valence electrons. The van der Waals surface area contributed by atoms with Crippen molar-refractivity contribution in [3.8, 4) is 11.5 Å². The van der Waals surface area contributed by atoms with Crippen molar-refractivity contribution in [3.63, 3.8) is 0 Å². The van der Waals surface area contributed by atoms with Gasteiger partial charge in [-0.05, 0) is 24.1 Å². The van der Waals surface area contributed by atoms with Crippen LogP contribution in [0.25, 0.3) is 0 Å². The number of methoxy groups -OCH3 is 2. The maximum Gasteiger partial charge on any atom is 0.273 e. The first-order chi connectivity index (χ1) is 11.7. The first-order valence-electron chi connectivity index (χ1n) is 7.46. The van der Waals surface area contributed by atoms with Crippen molar-refractivity contribution in [2.45, 2.75) is 6.42 Å². The highest BCUT2D eigenvalue weighted by Gasteiger charge is 2.14. The number of benzene rings is 2. The first-order valence-corrected chi connectivity index (χ1v) is 7.46. The van der Waals surface area contributed by atoms with Gasteiger partial charge >= 0.3 is 0 Å². The van der Waals surface area contributed by atoms with Crippen molar-refractivity contribution >= 4 is 11.6 Å². The van der Waals surface area contributed by atoms with Crippen molar-refractivity contribution in [1.82, 2.24) is 5.32 Å². The standard InChI is InChI=1S/C18H20N2O4/c1-23-15-9-8-13(12-16(15)24-2)10-11-19-18(21)17(20-22)14-6-4-3-5-7-14/h3-9,12,22H,10-11H2,1-2H3,(H,19,21). The van der Waals surface area contributed by atoms with Gasteiger partial charge in [-0.3, -0.25) is 4.79 Å². The normalized spacial score (nSPS) is 11.0. The summed E-state index contributed by atoms with van der Waals surface area (Å²) in [6.07, 6.45) is 0.611. The van der Waals surface area contributed by atoms with E-state index in [2.05, 4.69) is 10.5 Å². The number of carbonyl (C=O) groups excluding carboxylic acids is 1. The van der Waals surface area contributed by atoms with Crippen molar-refractivity contribution in [1.29, 1.82) is 0 Å². The molecule has 0 saturated heterocycles. The Bertz CT molecular complexity index is 714. The number of carbonyl (C=O) groups is 1. The van der Waals surface area contributed by atoms with E-state index in [4.69, 9.17) is 14.7 Å². The molecule has 0 fully saturated rings. The third kappa shape index (κ3) is 4.25. The maximum atomic E-state index is 12.1. The van der Waals surface area contributed by atoms with Crippen molar-refractivity contribution in [2.75, 3.05) is 20.8 Å². The Hall–Kier alpha value is -3.02. The van der Waals surface area contributed by atoms with Crippen molar-refractivity contribution in [3.05, 3.63) is 59.7 Å². The van der Waals surface area contributed by atoms with E-state index in [1.807, 2.05) is 24.3 Å². The Morgan fingerprint density at radius 3 is 2.42 bits per heavy atom. The first kappa shape index (κ1) is 17.3. The smallest absolute Gasteiger partial charge is 0.273 e. The molecular formula is C18H20N2O4. The Morgan fingerprint density at radius 2 is 1.79 bits per heavy atom. The molecule has 0 aromatic heterocycles. The van der Waals surface area contributed by atoms with Crippen LogP contribution in [-0.4, -0.2) is 37.6 Å². The Morgan fingerprint density at radius 1 is 1.08 bits per heavy atom. The summed E-state index contributed by atoms with van der Waals surface area (Å²) in [7, 11) is 3.16. The largest absolute Gasteiger partial charge is 0.493 e. The van der Waals surface area contributed by atoms with Crippen LogP contribution in [-0.2, 0) is 11.2 Å². The zero-order valence-electron chi connectivity index (χ0n) is 13.7. The lowest BCUT2D eigenvalue weighted by Gasteiger charge is -2.10. The molecule has 2 aromatic rings. The Balaban J connectivity index is 1.95. The van der Waals surface area contributed by atoms with E-state index in [1.165, 1.54) is 0 Å². The maximum absolute atomic E-state index is 12.1. The van der Waals surface area contributed by atoms with E-state index < -0.39 is 5.91 Å². The number of nitrogens with one attached hydrogen (secondary N) is 1. The zero-order valence-corrected chi connectivity index (χ0v) is 13.7. The van der Waals surface area contributed by atoms with Crippen LogP contribution in [0.2, 0.25) is 0 Å². The fourth-order valence-corrected chi connectivity index (χ4v) is 2.27. The van der Waals surface area contributed by atoms with Gasteiger partial charge in [0.2, 0.25) is 0 Å². The highest BCUT2D eigenvalue weighted by Crippen LogP contribution is 2.27. The van der Waals surface area contributed by atoms with Gasteiger partial charge < -0.3 is 20.0 Å². The SMILES string of the molecule is COc1ccc(CCNC(=O)C(=NO)c2ccccc2)cc1OC. The van der Waals surface area contributed by atoms with Gasteiger partial charge in [0.25, 0.3) is 5.91 Å². The van der Waals surface area contributed by atoms with Gasteiger partial charge in [0, 0.05) is 12.1 Å². The van der Waals surface area contributed by atoms with Gasteiger partial charge in [-0.25, -0.2) is 0 Å². The highest BCUT2D eigenvalue weighted by molar-refractivity contribution is 6.45. The molecule has 2 N–H and O–H groups in total. The summed E-state index contributed by atoms with van der Waals surface area (Å²) >= 11 is 0. The van der Waals surface area contributed by atoms with Gasteiger partial charge in [0.1, 0.15) is 0 Å². The molecule has 0 radical (unpaired) electrons. The van der Waals surface area contributed by atoms with Gasteiger partial charge in [-0.2, -0.15) is 0 Å². The van der Waals surface area contributed by atoms with Crippen LogP contribution in [0.15, 0.2) is 53.7 Å². The second kappa shape index (κ2) is 8.57. The Labute approximate surface area is 140 Å². The molecule has 0 heterocycles. The van der Waals surface area contributed by atoms with Crippen LogP contribution in [0.1, 0.15) is 11.1 Å². The summed E-state index contributed by atoms with van der Waals surface area (Å²) in [4.78, 5) is 12.1. The van der Waals surface area contributed by atoms with Crippen LogP contribution in [0.4, 0.5) is 0 Å². The molecule has 0 aliphatic rings. The van der Waals surface area contributed by atoms with E-state index in [1.54, 1.807) is 38.5 Å². The second-order valence-corrected chi connectivity index (χ2v) is 5.01. The topological polar surface area (TPSA) is 80.2 Å². The summed E-state index contributed by atoms with van der Waals surface area (Å²) in [5.74, 6) is 0.872. The summed E-state index contributed by atoms with van der Waals surface area (Å²) in [6, 6.07) is 14.4. The number of hydrogen-bond donors (Lipinski definition) is 2. The molecule has 24 heavy (non-hydrogen) atoms. The van der Waals surface area contributed by atoms with Crippen LogP contribution < -0.4 is 14.8 Å². The molecule has 2 rings (SSSR count). The van der Waals surface area contributed by atoms with Crippen molar-refractivity contribution < 1.29 is 19.5 Å². The van der Waals surface area contributed by atoms with E-state index in [0.717, 1.165) is 5.56 Å². The summed E-state index contributed by atoms with van der Waals surface area (Å²) < 4.78 is 10.4. The second-order valence-electron chi connectivity index (χ2n) is 5.01. The van der Waals surface area contributed by atoms with Crippen LogP contribution in [0.5, 0.6) is 11.5 Å². The average Bonchev–Trinajstić information content (AvgIpc) is 2.63. The molecule has 0 spiro atoms. The number of nitrogens with zero attached hydrogens (tertiary/aromatic N) is 1. The molecule has 0 saturated carbocycles. The van der Waals surface area contributed by atoms with Crippen molar-refractivity contribution in [2.24, 2.45) is 5.16 Å². The van der Waals surface area contributed by atoms with Gasteiger partial charge in [-0.1, -0.05) is 41.6 Å². The summed E-state index contributed by atoms with van der Waals surface area (Å²) in [6.45, 7) is 0.403. The molecule has 0 bridgehead atoms. The molecule has 0 aliphatic carbocycles. The number of oxime groups is 1. The third-order valence-electron chi connectivity index (χ3n) is 3.51. The predicted molar refractivity (Wildman–Crippen MR) is 91.0 cm³/mol. The molecule has 6 nitrogen and oxygen atoms in total. The Kier molecular flexibility index (Phi) is 6.19. The lowest BCUT2D eigenvalue weighted by atomic mass is 10.1. The van der Waals surface area contributed by atoms with Gasteiger partial charge in [0.15, 0.2) is 17.2 Å². The van der Waals surface area contributed by atoms with Crippen LogP contribution in [0, 0.1) is 0 Å². The van der Waals surface area contributed by atoms with Crippen LogP contribution in [0.3, 0.4) is 0 Å². The molecule has 0 aliphatic heterocycles. The molecule has 0 atom stereocenters. The predicted octanol–water partition coefficient (Wildman–Crippen LogP) is 2.24. The molecule has 0 unspecified atom stereocenters. The lowest BCUT2D eigenvalue weighted by Crippen LogP contribution is -2.33. The van der Waals surface area contributed by atoms with E-state index in [-0.39, 0.29) is 5.71 Å². The number of hydrogen-bond acceptors (Lipinski definition) is 5. The average molecular weight is 328 g/mol. The monoisotopic (exact) mass is 328 g/mol. The summed E-state index contributed by atoms with van der Waals surface area (Å²) in [5, 5.41) is 14.9. The molecule has 1 amide bonds. The number of ether oxygens (including phenoxy) is 2.